The number of Topliss-reactive ketones (excluding diaryl/α,β-unsaturated/α-hetero) is 3. The Morgan fingerprint density at radius 1 is 0.850 bits per heavy atom. The first kappa shape index (κ1) is 16.0. The molecule has 0 atom stereocenters. The molecule has 20 heavy (non-hydrogen) atoms. The van der Waals surface area contributed by atoms with Crippen LogP contribution in [0, 0.1) is 0 Å². The first-order valence-corrected chi connectivity index (χ1v) is 6.50. The molecule has 0 aliphatic heterocycles. The van der Waals surface area contributed by atoms with Crippen molar-refractivity contribution in [2.45, 2.75) is 46.5 Å². The van der Waals surface area contributed by atoms with Gasteiger partial charge in [-0.05, 0) is 33.6 Å². The van der Waals surface area contributed by atoms with Crippen molar-refractivity contribution in [3.63, 3.8) is 0 Å². The Kier molecular flexibility index (Phi) is 5.13. The Hall–Kier alpha value is -2.04. The lowest BCUT2D eigenvalue weighted by Gasteiger charge is -2.17. The van der Waals surface area contributed by atoms with E-state index in [1.807, 2.05) is 0 Å². The second-order valence-corrected chi connectivity index (χ2v) is 4.93. The molecule has 0 fully saturated rings. The van der Waals surface area contributed by atoms with Gasteiger partial charge in [-0.15, -0.1) is 0 Å². The van der Waals surface area contributed by atoms with Crippen LogP contribution >= 0.6 is 0 Å². The molecule has 0 bridgehead atoms. The zero-order valence-electron chi connectivity index (χ0n) is 11.9. The second-order valence-electron chi connectivity index (χ2n) is 4.93. The molecule has 1 N–H and O–H groups in total. The minimum Gasteiger partial charge on any atom is -0.481 e. The maximum atomic E-state index is 12.1. The van der Waals surface area contributed by atoms with Crippen LogP contribution in [0.2, 0.25) is 0 Å². The Morgan fingerprint density at radius 2 is 1.35 bits per heavy atom. The van der Waals surface area contributed by atoms with Gasteiger partial charge >= 0.3 is 5.97 Å². The molecule has 0 radical (unpaired) electrons. The number of rotatable bonds is 6. The van der Waals surface area contributed by atoms with Crippen molar-refractivity contribution >= 4 is 23.3 Å². The number of carboxylic acids is 1. The molecule has 0 amide bonds. The quantitative estimate of drug-likeness (QED) is 0.456. The normalized spacial score (nSPS) is 15.9. The number of aliphatic carboxylic acids is 1. The summed E-state index contributed by atoms with van der Waals surface area (Å²) in [6, 6.07) is 0. The third kappa shape index (κ3) is 3.29. The highest BCUT2D eigenvalue weighted by molar-refractivity contribution is 6.35. The number of allylic oxidation sites excluding steroid dienone is 4. The number of hydrogen-bond acceptors (Lipinski definition) is 4. The van der Waals surface area contributed by atoms with Crippen molar-refractivity contribution in [1.29, 1.82) is 0 Å². The van der Waals surface area contributed by atoms with E-state index in [-0.39, 0.29) is 41.3 Å². The Bertz CT molecular complexity index is 549. The monoisotopic (exact) mass is 278 g/mol. The van der Waals surface area contributed by atoms with Gasteiger partial charge < -0.3 is 5.11 Å². The largest absolute Gasteiger partial charge is 0.481 e. The maximum absolute atomic E-state index is 12.1. The van der Waals surface area contributed by atoms with E-state index >= 15 is 0 Å². The Balaban J connectivity index is 2.80. The van der Waals surface area contributed by atoms with Gasteiger partial charge in [0, 0.05) is 29.6 Å². The van der Waals surface area contributed by atoms with E-state index in [0.29, 0.717) is 24.0 Å². The molecular formula is C15H18O5. The van der Waals surface area contributed by atoms with Crippen molar-refractivity contribution in [3.8, 4) is 0 Å². The van der Waals surface area contributed by atoms with Crippen molar-refractivity contribution < 1.29 is 24.3 Å². The van der Waals surface area contributed by atoms with Gasteiger partial charge in [0.2, 0.25) is 0 Å². The fourth-order valence-electron chi connectivity index (χ4n) is 2.12. The SMILES string of the molecule is CC1=C(C)C(=O)C(C(=O)CCCCC(=O)O)=C(C)C1=O. The van der Waals surface area contributed by atoms with Crippen LogP contribution in [0.25, 0.3) is 0 Å². The predicted molar refractivity (Wildman–Crippen MR) is 72.2 cm³/mol. The van der Waals surface area contributed by atoms with Crippen LogP contribution in [0.3, 0.4) is 0 Å². The van der Waals surface area contributed by atoms with Crippen LogP contribution in [0.15, 0.2) is 22.3 Å². The fraction of sp³-hybridized carbons (Fsp3) is 0.467. The summed E-state index contributed by atoms with van der Waals surface area (Å²) >= 11 is 0. The van der Waals surface area contributed by atoms with Crippen molar-refractivity contribution in [3.05, 3.63) is 22.3 Å². The molecule has 1 aliphatic carbocycles. The highest BCUT2D eigenvalue weighted by Crippen LogP contribution is 2.25. The van der Waals surface area contributed by atoms with E-state index in [1.165, 1.54) is 6.92 Å². The van der Waals surface area contributed by atoms with Gasteiger partial charge in [0.1, 0.15) is 0 Å². The molecule has 0 heterocycles. The lowest BCUT2D eigenvalue weighted by atomic mass is 9.83. The smallest absolute Gasteiger partial charge is 0.303 e. The van der Waals surface area contributed by atoms with E-state index < -0.39 is 5.97 Å². The maximum Gasteiger partial charge on any atom is 0.303 e. The highest BCUT2D eigenvalue weighted by Gasteiger charge is 2.31. The number of carbonyl (C=O) groups excluding carboxylic acids is 3. The first-order valence-electron chi connectivity index (χ1n) is 6.50. The van der Waals surface area contributed by atoms with Gasteiger partial charge in [-0.2, -0.15) is 0 Å². The van der Waals surface area contributed by atoms with E-state index in [9.17, 15) is 19.2 Å². The predicted octanol–water partition coefficient (Wildman–Crippen LogP) is 2.01. The molecule has 5 nitrogen and oxygen atoms in total. The molecule has 0 saturated heterocycles. The molecular weight excluding hydrogens is 260 g/mol. The van der Waals surface area contributed by atoms with Gasteiger partial charge in [0.25, 0.3) is 0 Å². The van der Waals surface area contributed by atoms with Crippen LogP contribution in [0.1, 0.15) is 46.5 Å². The Labute approximate surface area is 117 Å². The summed E-state index contributed by atoms with van der Waals surface area (Å²) in [6.45, 7) is 4.60. The molecule has 1 rings (SSSR count). The summed E-state index contributed by atoms with van der Waals surface area (Å²) in [7, 11) is 0. The number of unbranched alkanes of at least 4 members (excludes halogenated alkanes) is 1. The van der Waals surface area contributed by atoms with E-state index in [0.717, 1.165) is 0 Å². The average molecular weight is 278 g/mol. The molecule has 0 aromatic heterocycles. The Morgan fingerprint density at radius 3 is 1.90 bits per heavy atom. The van der Waals surface area contributed by atoms with E-state index in [2.05, 4.69) is 0 Å². The van der Waals surface area contributed by atoms with Crippen LogP contribution in [0.4, 0.5) is 0 Å². The lowest BCUT2D eigenvalue weighted by Crippen LogP contribution is -2.25. The van der Waals surface area contributed by atoms with Crippen LogP contribution in [-0.2, 0) is 19.2 Å². The van der Waals surface area contributed by atoms with Gasteiger partial charge in [-0.25, -0.2) is 0 Å². The average Bonchev–Trinajstić information content (AvgIpc) is 2.39. The summed E-state index contributed by atoms with van der Waals surface area (Å²) in [6.07, 6.45) is 0.857. The van der Waals surface area contributed by atoms with E-state index in [4.69, 9.17) is 5.11 Å². The number of carbonyl (C=O) groups is 4. The van der Waals surface area contributed by atoms with E-state index in [1.54, 1.807) is 13.8 Å². The van der Waals surface area contributed by atoms with Crippen molar-refractivity contribution in [2.75, 3.05) is 0 Å². The summed E-state index contributed by atoms with van der Waals surface area (Å²) in [5, 5.41) is 8.51. The van der Waals surface area contributed by atoms with Crippen LogP contribution < -0.4 is 0 Å². The van der Waals surface area contributed by atoms with Gasteiger partial charge in [0.15, 0.2) is 17.3 Å². The second kappa shape index (κ2) is 6.41. The number of carboxylic acid groups (broad SMARTS) is 1. The molecule has 0 aromatic rings. The molecule has 0 saturated carbocycles. The fourth-order valence-corrected chi connectivity index (χ4v) is 2.12. The molecule has 0 aromatic carbocycles. The first-order chi connectivity index (χ1) is 9.27. The summed E-state index contributed by atoms with van der Waals surface area (Å²) in [4.78, 5) is 46.4. The molecule has 1 aliphatic rings. The molecule has 5 heteroatoms. The minimum atomic E-state index is -0.911. The standard InChI is InChI=1S/C15H18O5/c1-8-9(2)15(20)13(10(3)14(8)19)11(16)6-4-5-7-12(17)18/h4-7H2,1-3H3,(H,17,18). The van der Waals surface area contributed by atoms with Gasteiger partial charge in [-0.1, -0.05) is 0 Å². The third-order valence-corrected chi connectivity index (χ3v) is 3.51. The van der Waals surface area contributed by atoms with Crippen LogP contribution in [0.5, 0.6) is 0 Å². The van der Waals surface area contributed by atoms with Crippen molar-refractivity contribution in [1.82, 2.24) is 0 Å². The molecule has 0 unspecified atom stereocenters. The topological polar surface area (TPSA) is 88.5 Å². The number of ketones is 3. The van der Waals surface area contributed by atoms with Gasteiger partial charge in [0.05, 0.1) is 5.57 Å². The van der Waals surface area contributed by atoms with Gasteiger partial charge in [-0.3, -0.25) is 19.2 Å². The third-order valence-electron chi connectivity index (χ3n) is 3.51. The zero-order valence-corrected chi connectivity index (χ0v) is 11.9. The molecule has 108 valence electrons. The minimum absolute atomic E-state index is 0.00374. The summed E-state index contributed by atoms with van der Waals surface area (Å²) < 4.78 is 0. The van der Waals surface area contributed by atoms with Crippen LogP contribution in [-0.4, -0.2) is 28.4 Å². The number of hydrogen-bond donors (Lipinski definition) is 1. The van der Waals surface area contributed by atoms with Crippen molar-refractivity contribution in [2.24, 2.45) is 0 Å². The molecule has 0 spiro atoms. The summed E-state index contributed by atoms with van der Waals surface area (Å²) in [5.41, 5.74) is 0.860. The summed E-state index contributed by atoms with van der Waals surface area (Å²) in [5.74, 6) is -1.94. The zero-order chi connectivity index (χ0) is 15.4. The highest BCUT2D eigenvalue weighted by atomic mass is 16.4. The lowest BCUT2D eigenvalue weighted by molar-refractivity contribution is -0.137.